The molecule has 0 amide bonds. The molecule has 1 saturated heterocycles. The fourth-order valence-electron chi connectivity index (χ4n) is 2.49. The van der Waals surface area contributed by atoms with Gasteiger partial charge in [0.05, 0.1) is 7.11 Å². The van der Waals surface area contributed by atoms with Crippen LogP contribution in [0.3, 0.4) is 0 Å². The van der Waals surface area contributed by atoms with Gasteiger partial charge in [-0.15, -0.1) is 24.0 Å². The zero-order chi connectivity index (χ0) is 14.2. The van der Waals surface area contributed by atoms with Crippen LogP contribution in [0.4, 0.5) is 0 Å². The van der Waals surface area contributed by atoms with Crippen molar-refractivity contribution < 1.29 is 4.74 Å². The maximum Gasteiger partial charge on any atom is 0.191 e. The predicted octanol–water partition coefficient (Wildman–Crippen LogP) is 3.05. The number of guanidine groups is 1. The second kappa shape index (κ2) is 9.87. The Morgan fingerprint density at radius 1 is 1.19 bits per heavy atom. The number of halogens is 1. The number of hydrogen-bond donors (Lipinski definition) is 1. The zero-order valence-corrected chi connectivity index (χ0v) is 15.1. The first-order valence-electron chi connectivity index (χ1n) is 7.47. The molecule has 1 fully saturated rings. The van der Waals surface area contributed by atoms with Gasteiger partial charge in [-0.2, -0.15) is 0 Å². The van der Waals surface area contributed by atoms with Gasteiger partial charge in [0.25, 0.3) is 0 Å². The molecule has 0 aromatic heterocycles. The summed E-state index contributed by atoms with van der Waals surface area (Å²) in [4.78, 5) is 6.70. The topological polar surface area (TPSA) is 50.9 Å². The summed E-state index contributed by atoms with van der Waals surface area (Å²) in [7, 11) is 1.69. The molecule has 0 unspecified atom stereocenters. The lowest BCUT2D eigenvalue weighted by atomic mass is 10.1. The molecule has 0 radical (unpaired) electrons. The number of nitrogens with zero attached hydrogens (tertiary/aromatic N) is 2. The number of aryl methyl sites for hydroxylation is 1. The van der Waals surface area contributed by atoms with Crippen molar-refractivity contribution in [3.05, 3.63) is 29.8 Å². The lowest BCUT2D eigenvalue weighted by Crippen LogP contribution is -2.40. The molecule has 1 aromatic carbocycles. The molecule has 0 saturated carbocycles. The maximum atomic E-state index is 6.03. The first-order valence-corrected chi connectivity index (χ1v) is 7.47. The molecule has 2 rings (SSSR count). The highest BCUT2D eigenvalue weighted by Crippen LogP contribution is 2.12. The SMILES string of the molecule is COc1ccc(CCCN=C(N)N2CCCCC2)cc1.I. The van der Waals surface area contributed by atoms with E-state index in [9.17, 15) is 0 Å². The normalized spacial score (nSPS) is 15.5. The summed E-state index contributed by atoms with van der Waals surface area (Å²) < 4.78 is 5.15. The Balaban J connectivity index is 0.00000220. The van der Waals surface area contributed by atoms with E-state index in [0.29, 0.717) is 0 Å². The molecule has 1 aliphatic rings. The summed E-state index contributed by atoms with van der Waals surface area (Å²) in [5.74, 6) is 1.63. The van der Waals surface area contributed by atoms with Gasteiger partial charge in [-0.25, -0.2) is 0 Å². The molecule has 0 aliphatic carbocycles. The number of nitrogens with two attached hydrogens (primary N) is 1. The smallest absolute Gasteiger partial charge is 0.191 e. The summed E-state index contributed by atoms with van der Waals surface area (Å²) in [6, 6.07) is 8.22. The molecule has 1 heterocycles. The Hall–Kier alpha value is -0.980. The number of ether oxygens (including phenoxy) is 1. The van der Waals surface area contributed by atoms with Crippen molar-refractivity contribution in [2.75, 3.05) is 26.7 Å². The van der Waals surface area contributed by atoms with Crippen LogP contribution >= 0.6 is 24.0 Å². The molecule has 0 spiro atoms. The van der Waals surface area contributed by atoms with Crippen molar-refractivity contribution in [2.24, 2.45) is 10.7 Å². The second-order valence-corrected chi connectivity index (χ2v) is 5.24. The van der Waals surface area contributed by atoms with Crippen molar-refractivity contribution in [1.82, 2.24) is 4.90 Å². The Labute approximate surface area is 144 Å². The van der Waals surface area contributed by atoms with Crippen LogP contribution in [-0.2, 0) is 6.42 Å². The highest BCUT2D eigenvalue weighted by Gasteiger charge is 2.11. The molecule has 118 valence electrons. The first-order chi connectivity index (χ1) is 9.79. The van der Waals surface area contributed by atoms with Gasteiger partial charge in [-0.05, 0) is 49.8 Å². The molecular formula is C16H26IN3O. The van der Waals surface area contributed by atoms with Crippen molar-refractivity contribution in [3.63, 3.8) is 0 Å². The molecule has 21 heavy (non-hydrogen) atoms. The average molecular weight is 403 g/mol. The lowest BCUT2D eigenvalue weighted by Gasteiger charge is -2.27. The predicted molar refractivity (Wildman–Crippen MR) is 98.6 cm³/mol. The zero-order valence-electron chi connectivity index (χ0n) is 12.8. The van der Waals surface area contributed by atoms with Crippen LogP contribution in [0, 0.1) is 0 Å². The number of rotatable bonds is 5. The highest BCUT2D eigenvalue weighted by molar-refractivity contribution is 14.0. The van der Waals surface area contributed by atoms with Crippen LogP contribution < -0.4 is 10.5 Å². The van der Waals surface area contributed by atoms with Crippen molar-refractivity contribution in [3.8, 4) is 5.75 Å². The van der Waals surface area contributed by atoms with E-state index in [1.807, 2.05) is 12.1 Å². The molecule has 2 N–H and O–H groups in total. The van der Waals surface area contributed by atoms with E-state index in [1.165, 1.54) is 24.8 Å². The van der Waals surface area contributed by atoms with E-state index < -0.39 is 0 Å². The van der Waals surface area contributed by atoms with Gasteiger partial charge in [-0.1, -0.05) is 12.1 Å². The van der Waals surface area contributed by atoms with Crippen LogP contribution in [0.25, 0.3) is 0 Å². The van der Waals surface area contributed by atoms with Crippen LogP contribution in [-0.4, -0.2) is 37.6 Å². The fourth-order valence-corrected chi connectivity index (χ4v) is 2.49. The fraction of sp³-hybridized carbons (Fsp3) is 0.562. The third-order valence-corrected chi connectivity index (χ3v) is 3.74. The van der Waals surface area contributed by atoms with Crippen LogP contribution in [0.2, 0.25) is 0 Å². The molecule has 4 nitrogen and oxygen atoms in total. The van der Waals surface area contributed by atoms with Gasteiger partial charge < -0.3 is 15.4 Å². The van der Waals surface area contributed by atoms with Crippen molar-refractivity contribution in [1.29, 1.82) is 0 Å². The quantitative estimate of drug-likeness (QED) is 0.356. The van der Waals surface area contributed by atoms with E-state index in [4.69, 9.17) is 10.5 Å². The van der Waals surface area contributed by atoms with Gasteiger partial charge in [0, 0.05) is 19.6 Å². The third-order valence-electron chi connectivity index (χ3n) is 3.74. The molecular weight excluding hydrogens is 377 g/mol. The molecule has 0 atom stereocenters. The summed E-state index contributed by atoms with van der Waals surface area (Å²) >= 11 is 0. The van der Waals surface area contributed by atoms with Crippen molar-refractivity contribution >= 4 is 29.9 Å². The largest absolute Gasteiger partial charge is 0.497 e. The summed E-state index contributed by atoms with van der Waals surface area (Å²) in [6.45, 7) is 2.93. The monoisotopic (exact) mass is 403 g/mol. The number of hydrogen-bond acceptors (Lipinski definition) is 2. The second-order valence-electron chi connectivity index (χ2n) is 5.24. The van der Waals surface area contributed by atoms with E-state index >= 15 is 0 Å². The molecule has 0 bridgehead atoms. The van der Waals surface area contributed by atoms with E-state index in [1.54, 1.807) is 7.11 Å². The molecule has 1 aromatic rings. The Morgan fingerprint density at radius 2 is 1.86 bits per heavy atom. The van der Waals surface area contributed by atoms with Crippen molar-refractivity contribution in [2.45, 2.75) is 32.1 Å². The average Bonchev–Trinajstić information content (AvgIpc) is 2.53. The standard InChI is InChI=1S/C16H25N3O.HI/c1-20-15-9-7-14(8-10-15)6-5-11-18-16(17)19-12-3-2-4-13-19;/h7-10H,2-6,11-13H2,1H3,(H2,17,18);1H. The van der Waals surface area contributed by atoms with E-state index in [0.717, 1.165) is 44.2 Å². The summed E-state index contributed by atoms with van der Waals surface area (Å²) in [5, 5.41) is 0. The first kappa shape index (κ1) is 18.1. The van der Waals surface area contributed by atoms with Crippen LogP contribution in [0.15, 0.2) is 29.3 Å². The number of methoxy groups -OCH3 is 1. The van der Waals surface area contributed by atoms with Gasteiger partial charge in [0.2, 0.25) is 0 Å². The van der Waals surface area contributed by atoms with Crippen LogP contribution in [0.1, 0.15) is 31.2 Å². The van der Waals surface area contributed by atoms with Crippen LogP contribution in [0.5, 0.6) is 5.75 Å². The van der Waals surface area contributed by atoms with Gasteiger partial charge >= 0.3 is 0 Å². The van der Waals surface area contributed by atoms with Gasteiger partial charge in [0.15, 0.2) is 5.96 Å². The molecule has 5 heteroatoms. The Morgan fingerprint density at radius 3 is 2.48 bits per heavy atom. The maximum absolute atomic E-state index is 6.03. The van der Waals surface area contributed by atoms with E-state index in [2.05, 4.69) is 22.0 Å². The third kappa shape index (κ3) is 6.11. The Kier molecular flexibility index (Phi) is 8.49. The summed E-state index contributed by atoms with van der Waals surface area (Å²) in [6.07, 6.45) is 5.85. The number of likely N-dealkylation sites (tertiary alicyclic amines) is 1. The lowest BCUT2D eigenvalue weighted by molar-refractivity contribution is 0.338. The van der Waals surface area contributed by atoms with Gasteiger partial charge in [-0.3, -0.25) is 4.99 Å². The summed E-state index contributed by atoms with van der Waals surface area (Å²) in [5.41, 5.74) is 7.34. The minimum absolute atomic E-state index is 0. The Bertz CT molecular complexity index is 428. The number of aliphatic imine (C=N–C) groups is 1. The number of benzene rings is 1. The minimum atomic E-state index is 0. The van der Waals surface area contributed by atoms with Gasteiger partial charge in [0.1, 0.15) is 5.75 Å². The van der Waals surface area contributed by atoms with E-state index in [-0.39, 0.29) is 24.0 Å². The minimum Gasteiger partial charge on any atom is -0.497 e. The highest BCUT2D eigenvalue weighted by atomic mass is 127. The molecule has 1 aliphatic heterocycles. The number of piperidine rings is 1.